The van der Waals surface area contributed by atoms with Crippen LogP contribution in [0.3, 0.4) is 0 Å². The van der Waals surface area contributed by atoms with Crippen LogP contribution in [-0.4, -0.2) is 44.8 Å². The number of aromatic nitrogens is 1. The third-order valence-electron chi connectivity index (χ3n) is 3.99. The first-order chi connectivity index (χ1) is 14.2. The first-order valence-corrected chi connectivity index (χ1v) is 9.35. The van der Waals surface area contributed by atoms with Crippen LogP contribution in [-0.2, 0) is 35.2 Å². The number of benzene rings is 1. The molecule has 0 spiro atoms. The topological polar surface area (TPSA) is 68.2 Å². The first kappa shape index (κ1) is 22.5. The molecule has 0 aliphatic heterocycles. The predicted octanol–water partition coefficient (Wildman–Crippen LogP) is 3.48. The summed E-state index contributed by atoms with van der Waals surface area (Å²) in [5.74, 6) is 2.56. The molecule has 7 heteroatoms. The number of hydrogen-bond donors (Lipinski definition) is 0. The van der Waals surface area contributed by atoms with Crippen LogP contribution in [0.5, 0.6) is 0 Å². The molecule has 0 aliphatic carbocycles. The predicted molar refractivity (Wildman–Crippen MR) is 110 cm³/mol. The lowest BCUT2D eigenvalue weighted by atomic mass is 10.1. The molecule has 0 saturated carbocycles. The molecule has 2 rings (SSSR count). The Morgan fingerprint density at radius 1 is 1.17 bits per heavy atom. The van der Waals surface area contributed by atoms with Crippen molar-refractivity contribution in [2.45, 2.75) is 26.7 Å². The van der Waals surface area contributed by atoms with E-state index >= 15 is 0 Å². The third-order valence-corrected chi connectivity index (χ3v) is 3.99. The molecule has 0 fully saturated rings. The molecule has 2 aromatic rings. The number of methoxy groups -OCH3 is 2. The molecule has 0 saturated heterocycles. The van der Waals surface area contributed by atoms with Crippen LogP contribution in [0.25, 0.3) is 17.0 Å². The van der Waals surface area contributed by atoms with Gasteiger partial charge in [0.2, 0.25) is 0 Å². The highest BCUT2D eigenvalue weighted by Gasteiger charge is 2.23. The summed E-state index contributed by atoms with van der Waals surface area (Å²) in [5, 5.41) is 0.935. The van der Waals surface area contributed by atoms with E-state index < -0.39 is 12.1 Å². The van der Waals surface area contributed by atoms with Gasteiger partial charge in [-0.1, -0.05) is 18.2 Å². The van der Waals surface area contributed by atoms with Crippen molar-refractivity contribution in [1.82, 2.24) is 4.57 Å². The van der Waals surface area contributed by atoms with Gasteiger partial charge >= 0.3 is 5.97 Å². The summed E-state index contributed by atoms with van der Waals surface area (Å²) in [4.78, 5) is 11.9. The highest BCUT2D eigenvalue weighted by Crippen LogP contribution is 2.33. The molecule has 1 atom stereocenters. The minimum Gasteiger partial charge on any atom is -0.463 e. The molecule has 0 radical (unpaired) electrons. The SMILES string of the molecule is CCOC#CC(OCOC)c1c(/C=C/C(=O)OCC)c2ccccc2n1COC. The second-order valence-corrected chi connectivity index (χ2v) is 5.88. The summed E-state index contributed by atoms with van der Waals surface area (Å²) in [7, 11) is 3.16. The molecule has 1 aromatic carbocycles. The maximum Gasteiger partial charge on any atom is 0.330 e. The third kappa shape index (κ3) is 5.84. The fraction of sp³-hybridized carbons (Fsp3) is 0.409. The van der Waals surface area contributed by atoms with Crippen LogP contribution in [0.4, 0.5) is 0 Å². The Morgan fingerprint density at radius 2 is 1.97 bits per heavy atom. The summed E-state index contributed by atoms with van der Waals surface area (Å²) in [6.45, 7) is 4.71. The Kier molecular flexibility index (Phi) is 9.25. The first-order valence-electron chi connectivity index (χ1n) is 9.35. The molecule has 0 amide bonds. The second-order valence-electron chi connectivity index (χ2n) is 5.88. The number of esters is 1. The summed E-state index contributed by atoms with van der Waals surface area (Å²) in [5.41, 5.74) is 2.45. The van der Waals surface area contributed by atoms with Gasteiger partial charge in [-0.25, -0.2) is 4.79 Å². The molecule has 29 heavy (non-hydrogen) atoms. The van der Waals surface area contributed by atoms with Crippen molar-refractivity contribution in [3.63, 3.8) is 0 Å². The zero-order chi connectivity index (χ0) is 21.1. The average molecular weight is 401 g/mol. The van der Waals surface area contributed by atoms with Crippen LogP contribution in [0, 0.1) is 12.0 Å². The van der Waals surface area contributed by atoms with E-state index in [-0.39, 0.29) is 13.5 Å². The monoisotopic (exact) mass is 401 g/mol. The van der Waals surface area contributed by atoms with E-state index in [4.69, 9.17) is 23.7 Å². The Balaban J connectivity index is 2.67. The number of rotatable bonds is 10. The van der Waals surface area contributed by atoms with Crippen LogP contribution in [0.15, 0.2) is 30.3 Å². The van der Waals surface area contributed by atoms with E-state index in [1.165, 1.54) is 6.08 Å². The van der Waals surface area contributed by atoms with E-state index in [1.54, 1.807) is 27.2 Å². The molecule has 7 nitrogen and oxygen atoms in total. The number of carbonyl (C=O) groups excluding carboxylic acids is 1. The summed E-state index contributed by atoms with van der Waals surface area (Å²) in [6, 6.07) is 7.82. The number of ether oxygens (including phenoxy) is 5. The minimum atomic E-state index is -0.661. The zero-order valence-corrected chi connectivity index (χ0v) is 17.3. The lowest BCUT2D eigenvalue weighted by molar-refractivity contribution is -0.137. The van der Waals surface area contributed by atoms with E-state index in [2.05, 4.69) is 12.0 Å². The van der Waals surface area contributed by atoms with Crippen molar-refractivity contribution in [2.75, 3.05) is 34.2 Å². The number of hydrogen-bond acceptors (Lipinski definition) is 6. The van der Waals surface area contributed by atoms with Crippen LogP contribution >= 0.6 is 0 Å². The average Bonchev–Trinajstić information content (AvgIpc) is 3.03. The van der Waals surface area contributed by atoms with Gasteiger partial charge in [-0.05, 0) is 31.9 Å². The number of carbonyl (C=O) groups is 1. The van der Waals surface area contributed by atoms with Gasteiger partial charge in [0.25, 0.3) is 0 Å². The zero-order valence-electron chi connectivity index (χ0n) is 17.3. The Morgan fingerprint density at radius 3 is 2.66 bits per heavy atom. The van der Waals surface area contributed by atoms with Crippen LogP contribution in [0.2, 0.25) is 0 Å². The van der Waals surface area contributed by atoms with Crippen molar-refractivity contribution < 1.29 is 28.5 Å². The van der Waals surface area contributed by atoms with Gasteiger partial charge in [-0.15, -0.1) is 0 Å². The quantitative estimate of drug-likeness (QED) is 0.263. The highest BCUT2D eigenvalue weighted by molar-refractivity contribution is 5.96. The molecule has 1 unspecified atom stereocenters. The molecular formula is C22H27NO6. The van der Waals surface area contributed by atoms with Gasteiger partial charge < -0.3 is 28.3 Å². The molecule has 1 aromatic heterocycles. The molecule has 0 bridgehead atoms. The largest absolute Gasteiger partial charge is 0.463 e. The normalized spacial score (nSPS) is 12.0. The van der Waals surface area contributed by atoms with Gasteiger partial charge in [0, 0.05) is 31.2 Å². The van der Waals surface area contributed by atoms with Crippen molar-refractivity contribution in [3.05, 3.63) is 41.6 Å². The van der Waals surface area contributed by atoms with Crippen LogP contribution in [0.1, 0.15) is 31.2 Å². The standard InChI is InChI=1S/C22H27NO6/c1-5-27-14-13-20(29-16-26-4)22-18(11-12-21(24)28-6-2)17-9-7-8-10-19(17)23(22)15-25-3/h7-12,20H,5-6,15-16H2,1-4H3/b12-11+. The number of fused-ring (bicyclic) bond motifs is 1. The number of nitrogens with zero attached hydrogens (tertiary/aromatic N) is 1. The minimum absolute atomic E-state index is 0.0427. The Hall–Kier alpha value is -2.79. The molecule has 0 N–H and O–H groups in total. The van der Waals surface area contributed by atoms with E-state index in [9.17, 15) is 4.79 Å². The maximum atomic E-state index is 11.9. The summed E-state index contributed by atoms with van der Waals surface area (Å²) < 4.78 is 28.5. The van der Waals surface area contributed by atoms with Gasteiger partial charge in [-0.2, -0.15) is 0 Å². The molecule has 156 valence electrons. The summed E-state index contributed by atoms with van der Waals surface area (Å²) in [6.07, 6.45) is 5.12. The van der Waals surface area contributed by atoms with Crippen molar-refractivity contribution in [2.24, 2.45) is 0 Å². The maximum absolute atomic E-state index is 11.9. The van der Waals surface area contributed by atoms with E-state index in [0.29, 0.717) is 13.2 Å². The lowest BCUT2D eigenvalue weighted by Crippen LogP contribution is -2.13. The molecule has 1 heterocycles. The van der Waals surface area contributed by atoms with E-state index in [1.807, 2.05) is 35.8 Å². The van der Waals surface area contributed by atoms with Gasteiger partial charge in [0.15, 0.2) is 6.10 Å². The molecular weight excluding hydrogens is 374 g/mol. The number of para-hydroxylation sites is 1. The fourth-order valence-corrected chi connectivity index (χ4v) is 2.91. The fourth-order valence-electron chi connectivity index (χ4n) is 2.91. The van der Waals surface area contributed by atoms with E-state index in [0.717, 1.165) is 22.2 Å². The van der Waals surface area contributed by atoms with Crippen molar-refractivity contribution >= 4 is 22.9 Å². The Labute approximate surface area is 171 Å². The van der Waals surface area contributed by atoms with Gasteiger partial charge in [-0.3, -0.25) is 0 Å². The van der Waals surface area contributed by atoms with Gasteiger partial charge in [0.1, 0.15) is 19.6 Å². The smallest absolute Gasteiger partial charge is 0.330 e. The van der Waals surface area contributed by atoms with Gasteiger partial charge in [0.05, 0.1) is 24.4 Å². The summed E-state index contributed by atoms with van der Waals surface area (Å²) >= 11 is 0. The lowest BCUT2D eigenvalue weighted by Gasteiger charge is -2.17. The molecule has 0 aliphatic rings. The second kappa shape index (κ2) is 11.9. The Bertz CT molecular complexity index is 890. The van der Waals surface area contributed by atoms with Crippen molar-refractivity contribution in [3.8, 4) is 12.0 Å². The van der Waals surface area contributed by atoms with Crippen LogP contribution < -0.4 is 0 Å². The highest BCUT2D eigenvalue weighted by atomic mass is 16.7. The van der Waals surface area contributed by atoms with Crippen molar-refractivity contribution in [1.29, 1.82) is 0 Å².